The average molecular weight is 374 g/mol. The Morgan fingerprint density at radius 2 is 1.93 bits per heavy atom. The normalized spacial score (nSPS) is 11.2. The number of carbonyl (C=O) groups is 1. The van der Waals surface area contributed by atoms with Crippen LogP contribution in [0.4, 0.5) is 5.95 Å². The molecule has 0 fully saturated rings. The fourth-order valence-corrected chi connectivity index (χ4v) is 2.86. The lowest BCUT2D eigenvalue weighted by atomic mass is 10.1. The first-order valence-electron chi connectivity index (χ1n) is 8.65. The van der Waals surface area contributed by atoms with E-state index in [0.29, 0.717) is 23.0 Å². The van der Waals surface area contributed by atoms with Gasteiger partial charge in [0.1, 0.15) is 11.5 Å². The summed E-state index contributed by atoms with van der Waals surface area (Å²) in [5, 5.41) is 4.21. The number of imidazole rings is 1. The Labute approximate surface area is 161 Å². The van der Waals surface area contributed by atoms with Gasteiger partial charge in [-0.3, -0.25) is 0 Å². The molecule has 140 valence electrons. The van der Waals surface area contributed by atoms with E-state index in [-0.39, 0.29) is 5.97 Å². The van der Waals surface area contributed by atoms with Crippen LogP contribution in [0.5, 0.6) is 0 Å². The minimum Gasteiger partial charge on any atom is -0.465 e. The molecule has 0 amide bonds. The molecule has 7 heteroatoms. The third-order valence-corrected chi connectivity index (χ3v) is 4.36. The van der Waals surface area contributed by atoms with Gasteiger partial charge < -0.3 is 13.7 Å². The number of nitrogens with zero attached hydrogens (tertiary/aromatic N) is 3. The van der Waals surface area contributed by atoms with E-state index in [4.69, 9.17) is 9.15 Å². The molecule has 0 radical (unpaired) electrons. The molecule has 0 unspecified atom stereocenters. The molecule has 0 spiro atoms. The lowest BCUT2D eigenvalue weighted by Crippen LogP contribution is -2.00. The number of anilines is 1. The molecule has 0 aliphatic rings. The van der Waals surface area contributed by atoms with Crippen molar-refractivity contribution in [3.8, 4) is 11.3 Å². The van der Waals surface area contributed by atoms with Crippen LogP contribution in [-0.2, 0) is 11.8 Å². The summed E-state index contributed by atoms with van der Waals surface area (Å²) in [6.45, 7) is 0. The molecule has 2 aromatic carbocycles. The van der Waals surface area contributed by atoms with Crippen LogP contribution in [0.15, 0.2) is 70.2 Å². The predicted molar refractivity (Wildman–Crippen MR) is 107 cm³/mol. The summed E-state index contributed by atoms with van der Waals surface area (Å²) in [5.41, 5.74) is 6.21. The van der Waals surface area contributed by atoms with Crippen LogP contribution in [0.25, 0.3) is 22.4 Å². The Kier molecular flexibility index (Phi) is 4.63. The van der Waals surface area contributed by atoms with Gasteiger partial charge in [0.15, 0.2) is 0 Å². The highest BCUT2D eigenvalue weighted by Crippen LogP contribution is 2.22. The van der Waals surface area contributed by atoms with Crippen molar-refractivity contribution >= 4 is 29.2 Å². The highest BCUT2D eigenvalue weighted by Gasteiger charge is 2.08. The van der Waals surface area contributed by atoms with E-state index >= 15 is 0 Å². The van der Waals surface area contributed by atoms with Crippen molar-refractivity contribution in [3.63, 3.8) is 0 Å². The zero-order chi connectivity index (χ0) is 19.5. The van der Waals surface area contributed by atoms with Crippen molar-refractivity contribution < 1.29 is 13.9 Å². The van der Waals surface area contributed by atoms with E-state index < -0.39 is 0 Å². The number of nitrogens with one attached hydrogen (secondary N) is 1. The van der Waals surface area contributed by atoms with Crippen molar-refractivity contribution in [2.75, 3.05) is 12.5 Å². The highest BCUT2D eigenvalue weighted by molar-refractivity contribution is 5.90. The molecular formula is C21H18N4O3. The molecule has 2 heterocycles. The maximum absolute atomic E-state index is 11.5. The Bertz CT molecular complexity index is 1160. The quantitative estimate of drug-likeness (QED) is 0.324. The summed E-state index contributed by atoms with van der Waals surface area (Å²) >= 11 is 0. The van der Waals surface area contributed by atoms with E-state index in [1.807, 2.05) is 60.1 Å². The fraction of sp³-hybridized carbons (Fsp3) is 0.0952. The number of hydrazone groups is 1. The largest absolute Gasteiger partial charge is 0.465 e. The van der Waals surface area contributed by atoms with Crippen LogP contribution >= 0.6 is 0 Å². The van der Waals surface area contributed by atoms with Crippen LogP contribution < -0.4 is 5.43 Å². The number of methoxy groups -OCH3 is 1. The standard InChI is InChI=1S/C21H18N4O3/c1-25-18-6-4-3-5-17(18)23-21(25)24-22-13-16-11-12-19(28-16)14-7-9-15(10-8-14)20(26)27-2/h3-13H,1-2H3,(H,23,24)/b22-13-. The van der Waals surface area contributed by atoms with Crippen molar-refractivity contribution in [1.29, 1.82) is 0 Å². The number of furan rings is 1. The second kappa shape index (κ2) is 7.40. The zero-order valence-corrected chi connectivity index (χ0v) is 15.4. The number of ether oxygens (including phenoxy) is 1. The summed E-state index contributed by atoms with van der Waals surface area (Å²) in [4.78, 5) is 16.0. The molecule has 0 aliphatic carbocycles. The molecule has 28 heavy (non-hydrogen) atoms. The molecule has 0 saturated heterocycles. The van der Waals surface area contributed by atoms with Gasteiger partial charge in [-0.05, 0) is 36.4 Å². The molecule has 0 atom stereocenters. The number of para-hydroxylation sites is 2. The van der Waals surface area contributed by atoms with E-state index in [1.54, 1.807) is 18.3 Å². The van der Waals surface area contributed by atoms with E-state index in [0.717, 1.165) is 16.6 Å². The number of rotatable bonds is 5. The second-order valence-corrected chi connectivity index (χ2v) is 6.12. The smallest absolute Gasteiger partial charge is 0.337 e. The number of aromatic nitrogens is 2. The first kappa shape index (κ1) is 17.5. The van der Waals surface area contributed by atoms with Crippen molar-refractivity contribution in [2.45, 2.75) is 0 Å². The average Bonchev–Trinajstić information content (AvgIpc) is 3.33. The van der Waals surface area contributed by atoms with Gasteiger partial charge in [-0.1, -0.05) is 24.3 Å². The number of carbonyl (C=O) groups excluding carboxylic acids is 1. The minimum atomic E-state index is -0.369. The summed E-state index contributed by atoms with van der Waals surface area (Å²) in [6, 6.07) is 18.6. The van der Waals surface area contributed by atoms with Gasteiger partial charge in [0, 0.05) is 12.6 Å². The van der Waals surface area contributed by atoms with Crippen molar-refractivity contribution in [1.82, 2.24) is 9.55 Å². The summed E-state index contributed by atoms with van der Waals surface area (Å²) in [5.74, 6) is 1.55. The summed E-state index contributed by atoms with van der Waals surface area (Å²) < 4.78 is 12.4. The van der Waals surface area contributed by atoms with Gasteiger partial charge in [-0.25, -0.2) is 15.2 Å². The molecule has 4 aromatic rings. The summed E-state index contributed by atoms with van der Waals surface area (Å²) in [6.07, 6.45) is 1.59. The predicted octanol–water partition coefficient (Wildman–Crippen LogP) is 4.07. The van der Waals surface area contributed by atoms with Gasteiger partial charge in [0.2, 0.25) is 5.95 Å². The molecule has 4 rings (SSSR count). The van der Waals surface area contributed by atoms with Gasteiger partial charge in [0.05, 0.1) is 29.9 Å². The van der Waals surface area contributed by atoms with Gasteiger partial charge >= 0.3 is 5.97 Å². The van der Waals surface area contributed by atoms with Crippen molar-refractivity contribution in [2.24, 2.45) is 12.1 Å². The molecular weight excluding hydrogens is 356 g/mol. The van der Waals surface area contributed by atoms with Gasteiger partial charge in [-0.2, -0.15) is 5.10 Å². The first-order chi connectivity index (χ1) is 13.7. The monoisotopic (exact) mass is 374 g/mol. The topological polar surface area (TPSA) is 81.6 Å². The number of aryl methyl sites for hydroxylation is 1. The Morgan fingerprint density at radius 3 is 2.68 bits per heavy atom. The van der Waals surface area contributed by atoms with Gasteiger partial charge in [0.25, 0.3) is 0 Å². The lowest BCUT2D eigenvalue weighted by molar-refractivity contribution is 0.0600. The maximum Gasteiger partial charge on any atom is 0.337 e. The SMILES string of the molecule is COC(=O)c1ccc(-c2ccc(/C=N\Nc3nc4ccccc4n3C)o2)cc1. The Balaban J connectivity index is 1.47. The van der Waals surface area contributed by atoms with Crippen LogP contribution in [0.2, 0.25) is 0 Å². The summed E-state index contributed by atoms with van der Waals surface area (Å²) in [7, 11) is 3.28. The van der Waals surface area contributed by atoms with Crippen LogP contribution in [0.1, 0.15) is 16.1 Å². The molecule has 7 nitrogen and oxygen atoms in total. The lowest BCUT2D eigenvalue weighted by Gasteiger charge is -2.01. The Morgan fingerprint density at radius 1 is 1.14 bits per heavy atom. The maximum atomic E-state index is 11.5. The van der Waals surface area contributed by atoms with Crippen molar-refractivity contribution in [3.05, 3.63) is 72.0 Å². The van der Waals surface area contributed by atoms with Gasteiger partial charge in [-0.15, -0.1) is 0 Å². The molecule has 0 bridgehead atoms. The molecule has 1 N–H and O–H groups in total. The van der Waals surface area contributed by atoms with E-state index in [9.17, 15) is 4.79 Å². The minimum absolute atomic E-state index is 0.369. The number of fused-ring (bicyclic) bond motifs is 1. The Hall–Kier alpha value is -3.87. The fourth-order valence-electron chi connectivity index (χ4n) is 2.86. The van der Waals surface area contributed by atoms with E-state index in [2.05, 4.69) is 15.5 Å². The number of benzene rings is 2. The number of hydrogen-bond donors (Lipinski definition) is 1. The zero-order valence-electron chi connectivity index (χ0n) is 15.4. The number of esters is 1. The highest BCUT2D eigenvalue weighted by atomic mass is 16.5. The molecule has 0 aliphatic heterocycles. The third kappa shape index (κ3) is 3.37. The molecule has 2 aromatic heterocycles. The van der Waals surface area contributed by atoms with Crippen LogP contribution in [0, 0.1) is 0 Å². The first-order valence-corrected chi connectivity index (χ1v) is 8.65. The third-order valence-electron chi connectivity index (χ3n) is 4.36. The molecule has 0 saturated carbocycles. The van der Waals surface area contributed by atoms with Crippen LogP contribution in [-0.4, -0.2) is 28.8 Å². The second-order valence-electron chi connectivity index (χ2n) is 6.12. The van der Waals surface area contributed by atoms with E-state index in [1.165, 1.54) is 7.11 Å². The van der Waals surface area contributed by atoms with Crippen LogP contribution in [0.3, 0.4) is 0 Å². The number of hydrogen-bond acceptors (Lipinski definition) is 6.